The Hall–Kier alpha value is -0.690. The quantitative estimate of drug-likeness (QED) is 0.413. The third-order valence-corrected chi connectivity index (χ3v) is 1.35. The molecule has 0 aliphatic heterocycles. The van der Waals surface area contributed by atoms with Crippen LogP contribution in [0.25, 0.3) is 0 Å². The molecule has 0 aliphatic rings. The van der Waals surface area contributed by atoms with E-state index in [9.17, 15) is 0 Å². The molecule has 0 heterocycles. The van der Waals surface area contributed by atoms with E-state index in [4.69, 9.17) is 29.6 Å². The summed E-state index contributed by atoms with van der Waals surface area (Å²) in [6.07, 6.45) is 1.43. The maximum atomic E-state index is 9.00. The summed E-state index contributed by atoms with van der Waals surface area (Å²) in [6, 6.07) is 0. The first-order valence-electron chi connectivity index (χ1n) is 5.22. The molecule has 0 amide bonds. The zero-order chi connectivity index (χ0) is 12.8. The lowest BCUT2D eigenvalue weighted by Gasteiger charge is -2.14. The number of rotatable bonds is 8. The van der Waals surface area contributed by atoms with Gasteiger partial charge in [-0.3, -0.25) is 4.79 Å². The number of carbonyl (C=O) groups is 1. The van der Waals surface area contributed by atoms with Crippen LogP contribution in [0.5, 0.6) is 0 Å². The second-order valence-corrected chi connectivity index (χ2v) is 2.95. The van der Waals surface area contributed by atoms with Gasteiger partial charge in [-0.05, 0) is 6.42 Å². The van der Waals surface area contributed by atoms with Crippen LogP contribution >= 0.6 is 0 Å². The second kappa shape index (κ2) is 14.3. The van der Waals surface area contributed by atoms with E-state index in [1.165, 1.54) is 0 Å². The SMILES string of the molecule is CC(=O)O.CCCCOC(CO)OCCO. The van der Waals surface area contributed by atoms with Crippen molar-refractivity contribution < 1.29 is 29.6 Å². The van der Waals surface area contributed by atoms with E-state index in [1.54, 1.807) is 0 Å². The maximum absolute atomic E-state index is 9.00. The molecule has 0 fully saturated rings. The van der Waals surface area contributed by atoms with Gasteiger partial charge in [-0.25, -0.2) is 0 Å². The molecule has 0 radical (unpaired) electrons. The first kappa shape index (κ1) is 17.7. The number of unbranched alkanes of at least 4 members (excludes halogenated alkanes) is 1. The van der Waals surface area contributed by atoms with Crippen molar-refractivity contribution >= 4 is 5.97 Å². The average molecular weight is 238 g/mol. The average Bonchev–Trinajstić information content (AvgIpc) is 2.22. The zero-order valence-electron chi connectivity index (χ0n) is 9.89. The smallest absolute Gasteiger partial charge is 0.300 e. The van der Waals surface area contributed by atoms with Crippen molar-refractivity contribution in [1.29, 1.82) is 0 Å². The second-order valence-electron chi connectivity index (χ2n) is 2.95. The molecule has 0 aromatic rings. The molecule has 0 aliphatic carbocycles. The molecule has 98 valence electrons. The summed E-state index contributed by atoms with van der Waals surface area (Å²) in [4.78, 5) is 9.00. The predicted molar refractivity (Wildman–Crippen MR) is 58.1 cm³/mol. The monoisotopic (exact) mass is 238 g/mol. The van der Waals surface area contributed by atoms with Gasteiger partial charge < -0.3 is 24.8 Å². The van der Waals surface area contributed by atoms with Crippen LogP contribution in [-0.2, 0) is 14.3 Å². The summed E-state index contributed by atoms with van der Waals surface area (Å²) in [7, 11) is 0. The Balaban J connectivity index is 0. The summed E-state index contributed by atoms with van der Waals surface area (Å²) in [5, 5.41) is 24.6. The Morgan fingerprint density at radius 1 is 1.25 bits per heavy atom. The van der Waals surface area contributed by atoms with Gasteiger partial charge in [0.2, 0.25) is 0 Å². The Bertz CT molecular complexity index is 146. The number of carboxylic acid groups (broad SMARTS) is 1. The molecular formula is C10H22O6. The van der Waals surface area contributed by atoms with Gasteiger partial charge in [0.25, 0.3) is 5.97 Å². The highest BCUT2D eigenvalue weighted by Crippen LogP contribution is 1.96. The Kier molecular flexibility index (Phi) is 15.8. The van der Waals surface area contributed by atoms with Crippen molar-refractivity contribution in [3.63, 3.8) is 0 Å². The molecule has 16 heavy (non-hydrogen) atoms. The van der Waals surface area contributed by atoms with Crippen LogP contribution in [0.1, 0.15) is 26.7 Å². The van der Waals surface area contributed by atoms with Crippen molar-refractivity contribution in [2.45, 2.75) is 33.0 Å². The predicted octanol–water partition coefficient (Wildman–Crippen LogP) is 0.221. The van der Waals surface area contributed by atoms with Crippen LogP contribution in [-0.4, -0.2) is 54.0 Å². The standard InChI is InChI=1S/C8H18O4.C2H4O2/c1-2-3-5-11-8(7-10)12-6-4-9;1-2(3)4/h8-10H,2-7H2,1H3;1H3,(H,3,4). The lowest BCUT2D eigenvalue weighted by molar-refractivity contribution is -0.167. The van der Waals surface area contributed by atoms with Crippen molar-refractivity contribution in [2.24, 2.45) is 0 Å². The van der Waals surface area contributed by atoms with Gasteiger partial charge in [0.05, 0.1) is 19.8 Å². The lowest BCUT2D eigenvalue weighted by Crippen LogP contribution is -2.23. The fourth-order valence-corrected chi connectivity index (χ4v) is 0.697. The summed E-state index contributed by atoms with van der Waals surface area (Å²) in [5.41, 5.74) is 0. The molecule has 3 N–H and O–H groups in total. The highest BCUT2D eigenvalue weighted by atomic mass is 16.7. The van der Waals surface area contributed by atoms with Gasteiger partial charge in [0.1, 0.15) is 0 Å². The minimum absolute atomic E-state index is 0.0480. The first-order valence-corrected chi connectivity index (χ1v) is 5.22. The molecule has 6 heteroatoms. The van der Waals surface area contributed by atoms with Gasteiger partial charge in [-0.1, -0.05) is 13.3 Å². The van der Waals surface area contributed by atoms with Gasteiger partial charge in [0, 0.05) is 13.5 Å². The molecular weight excluding hydrogens is 216 g/mol. The highest BCUT2D eigenvalue weighted by Gasteiger charge is 2.05. The largest absolute Gasteiger partial charge is 0.481 e. The lowest BCUT2D eigenvalue weighted by atomic mass is 10.4. The number of hydrogen-bond acceptors (Lipinski definition) is 5. The molecule has 1 unspecified atom stereocenters. The van der Waals surface area contributed by atoms with Crippen LogP contribution in [0.2, 0.25) is 0 Å². The van der Waals surface area contributed by atoms with E-state index in [1.807, 2.05) is 0 Å². The van der Waals surface area contributed by atoms with E-state index in [0.29, 0.717) is 6.61 Å². The van der Waals surface area contributed by atoms with Crippen molar-refractivity contribution in [2.75, 3.05) is 26.4 Å². The minimum atomic E-state index is -0.833. The fourth-order valence-electron chi connectivity index (χ4n) is 0.697. The summed E-state index contributed by atoms with van der Waals surface area (Å²) >= 11 is 0. The summed E-state index contributed by atoms with van der Waals surface area (Å²) < 4.78 is 10.1. The van der Waals surface area contributed by atoms with Gasteiger partial charge in [0.15, 0.2) is 6.29 Å². The molecule has 0 rings (SSSR count). The fraction of sp³-hybridized carbons (Fsp3) is 0.900. The van der Waals surface area contributed by atoms with E-state index < -0.39 is 12.3 Å². The number of aliphatic carboxylic acids is 1. The Labute approximate surface area is 95.8 Å². The van der Waals surface area contributed by atoms with Crippen molar-refractivity contribution in [3.8, 4) is 0 Å². The third-order valence-electron chi connectivity index (χ3n) is 1.35. The number of aliphatic hydroxyl groups is 2. The molecule has 0 aromatic carbocycles. The summed E-state index contributed by atoms with van der Waals surface area (Å²) in [6.45, 7) is 3.73. The molecule has 1 atom stereocenters. The topological polar surface area (TPSA) is 96.2 Å². The van der Waals surface area contributed by atoms with E-state index in [-0.39, 0.29) is 19.8 Å². The number of aliphatic hydroxyl groups excluding tert-OH is 2. The van der Waals surface area contributed by atoms with Gasteiger partial charge >= 0.3 is 0 Å². The van der Waals surface area contributed by atoms with E-state index >= 15 is 0 Å². The third kappa shape index (κ3) is 19.0. The normalized spacial score (nSPS) is 11.5. The molecule has 0 saturated carbocycles. The maximum Gasteiger partial charge on any atom is 0.300 e. The first-order chi connectivity index (χ1) is 7.58. The van der Waals surface area contributed by atoms with Crippen molar-refractivity contribution in [3.05, 3.63) is 0 Å². The Morgan fingerprint density at radius 2 is 1.75 bits per heavy atom. The molecule has 0 spiro atoms. The van der Waals surface area contributed by atoms with Crippen LogP contribution in [0, 0.1) is 0 Å². The molecule has 0 bridgehead atoms. The highest BCUT2D eigenvalue weighted by molar-refractivity contribution is 5.62. The number of ether oxygens (including phenoxy) is 2. The van der Waals surface area contributed by atoms with E-state index in [2.05, 4.69) is 6.92 Å². The summed E-state index contributed by atoms with van der Waals surface area (Å²) in [5.74, 6) is -0.833. The minimum Gasteiger partial charge on any atom is -0.481 e. The van der Waals surface area contributed by atoms with Crippen LogP contribution in [0.15, 0.2) is 0 Å². The van der Waals surface area contributed by atoms with E-state index in [0.717, 1.165) is 19.8 Å². The zero-order valence-corrected chi connectivity index (χ0v) is 9.89. The number of carboxylic acids is 1. The molecule has 0 saturated heterocycles. The van der Waals surface area contributed by atoms with Crippen LogP contribution < -0.4 is 0 Å². The Morgan fingerprint density at radius 3 is 2.12 bits per heavy atom. The van der Waals surface area contributed by atoms with Crippen molar-refractivity contribution in [1.82, 2.24) is 0 Å². The van der Waals surface area contributed by atoms with Gasteiger partial charge in [-0.2, -0.15) is 0 Å². The molecule has 0 aromatic heterocycles. The van der Waals surface area contributed by atoms with Crippen LogP contribution in [0.4, 0.5) is 0 Å². The number of hydrogen-bond donors (Lipinski definition) is 3. The molecule has 6 nitrogen and oxygen atoms in total. The van der Waals surface area contributed by atoms with Gasteiger partial charge in [-0.15, -0.1) is 0 Å². The van der Waals surface area contributed by atoms with Crippen LogP contribution in [0.3, 0.4) is 0 Å².